The molecule has 2 aromatic carbocycles. The predicted octanol–water partition coefficient (Wildman–Crippen LogP) is 6.65. The maximum atomic E-state index is 13.7. The molecule has 0 fully saturated rings. The smallest absolute Gasteiger partial charge is 0.340 e. The van der Waals surface area contributed by atoms with Crippen LogP contribution in [-0.4, -0.2) is 44.5 Å². The SMILES string of the molecule is CCc1cc(-n2nc(C)cc2Nc2cc(CC(=O)c3cc([C@H](C)N(C)C)cc(C(F)(F)F)c3)ccc2C)ncn1. The summed E-state index contributed by atoms with van der Waals surface area (Å²) in [5.41, 5.74) is 3.69. The Hall–Kier alpha value is -4.05. The molecule has 4 aromatic rings. The van der Waals surface area contributed by atoms with E-state index in [0.717, 1.165) is 41.2 Å². The van der Waals surface area contributed by atoms with Crippen LogP contribution in [0.25, 0.3) is 5.82 Å². The molecule has 0 unspecified atom stereocenters. The molecule has 1 N–H and O–H groups in total. The minimum Gasteiger partial charge on any atom is -0.340 e. The molecule has 0 aliphatic carbocycles. The van der Waals surface area contributed by atoms with Gasteiger partial charge in [-0.2, -0.15) is 23.0 Å². The first-order valence-electron chi connectivity index (χ1n) is 13.0. The Bertz CT molecular complexity index is 1530. The highest BCUT2D eigenvalue weighted by molar-refractivity contribution is 5.98. The zero-order valence-electron chi connectivity index (χ0n) is 23.5. The summed E-state index contributed by atoms with van der Waals surface area (Å²) in [6.07, 6.45) is -2.34. The molecule has 0 saturated heterocycles. The zero-order valence-corrected chi connectivity index (χ0v) is 23.5. The molecular formula is C30H33F3N6O. The van der Waals surface area contributed by atoms with Crippen molar-refractivity contribution in [2.75, 3.05) is 19.4 Å². The number of aryl methyl sites for hydroxylation is 3. The Morgan fingerprint density at radius 1 is 1.05 bits per heavy atom. The van der Waals surface area contributed by atoms with Crippen LogP contribution in [0.5, 0.6) is 0 Å². The van der Waals surface area contributed by atoms with E-state index in [9.17, 15) is 18.0 Å². The van der Waals surface area contributed by atoms with Crippen LogP contribution in [0.2, 0.25) is 0 Å². The standard InChI is InChI=1S/C30H33F3N6O/c1-7-25-16-28(35-17-34-25)39-29(10-19(3)37-39)36-26-11-21(9-8-18(26)2)12-27(40)23-13-22(20(4)38(5)6)14-24(15-23)30(31,32)33/h8-11,13-17,20,36H,7,12H2,1-6H3/t20-/m0/s1. The number of carbonyl (C=O) groups is 1. The predicted molar refractivity (Wildman–Crippen MR) is 149 cm³/mol. The minimum atomic E-state index is -4.55. The summed E-state index contributed by atoms with van der Waals surface area (Å²) in [7, 11) is 3.57. The van der Waals surface area contributed by atoms with Crippen LogP contribution in [0.15, 0.2) is 54.9 Å². The Morgan fingerprint density at radius 2 is 1.80 bits per heavy atom. The molecule has 0 amide bonds. The average molecular weight is 551 g/mol. The zero-order chi connectivity index (χ0) is 29.2. The highest BCUT2D eigenvalue weighted by Gasteiger charge is 2.32. The second kappa shape index (κ2) is 11.6. The summed E-state index contributed by atoms with van der Waals surface area (Å²) in [6, 6.07) is 12.6. The van der Waals surface area contributed by atoms with Crippen LogP contribution in [0.4, 0.5) is 24.7 Å². The lowest BCUT2D eigenvalue weighted by molar-refractivity contribution is -0.137. The fourth-order valence-electron chi connectivity index (χ4n) is 4.31. The fourth-order valence-corrected chi connectivity index (χ4v) is 4.31. The largest absolute Gasteiger partial charge is 0.416 e. The summed E-state index contributed by atoms with van der Waals surface area (Å²) < 4.78 is 42.7. The number of rotatable bonds is 9. The van der Waals surface area contributed by atoms with Crippen molar-refractivity contribution in [3.8, 4) is 5.82 Å². The van der Waals surface area contributed by atoms with E-state index in [0.29, 0.717) is 22.8 Å². The normalized spacial score (nSPS) is 12.6. The second-order valence-corrected chi connectivity index (χ2v) is 10.2. The Balaban J connectivity index is 1.63. The highest BCUT2D eigenvalue weighted by Crippen LogP contribution is 2.33. The number of hydrogen-bond acceptors (Lipinski definition) is 6. The Kier molecular flexibility index (Phi) is 8.39. The van der Waals surface area contributed by atoms with Crippen molar-refractivity contribution < 1.29 is 18.0 Å². The first-order valence-corrected chi connectivity index (χ1v) is 13.0. The van der Waals surface area contributed by atoms with Crippen LogP contribution in [0.3, 0.4) is 0 Å². The average Bonchev–Trinajstić information content (AvgIpc) is 3.29. The van der Waals surface area contributed by atoms with E-state index in [4.69, 9.17) is 0 Å². The topological polar surface area (TPSA) is 75.9 Å². The number of Topliss-reactive ketones (excluding diaryl/α,β-unsaturated/α-hetero) is 1. The van der Waals surface area contributed by atoms with Crippen molar-refractivity contribution in [3.63, 3.8) is 0 Å². The molecule has 4 rings (SSSR count). The number of nitrogens with zero attached hydrogens (tertiary/aromatic N) is 5. The van der Waals surface area contributed by atoms with Crippen LogP contribution < -0.4 is 5.32 Å². The monoisotopic (exact) mass is 550 g/mol. The van der Waals surface area contributed by atoms with Crippen molar-refractivity contribution in [1.82, 2.24) is 24.6 Å². The third kappa shape index (κ3) is 6.56. The van der Waals surface area contributed by atoms with Crippen LogP contribution in [0.1, 0.15) is 63.9 Å². The molecule has 210 valence electrons. The van der Waals surface area contributed by atoms with Crippen molar-refractivity contribution in [2.45, 2.75) is 52.8 Å². The van der Waals surface area contributed by atoms with E-state index < -0.39 is 11.7 Å². The Labute approximate surface area is 232 Å². The van der Waals surface area contributed by atoms with Gasteiger partial charge in [-0.05, 0) is 82.2 Å². The lowest BCUT2D eigenvalue weighted by Gasteiger charge is -2.22. The number of carbonyl (C=O) groups excluding carboxylic acids is 1. The van der Waals surface area contributed by atoms with Crippen molar-refractivity contribution in [1.29, 1.82) is 0 Å². The molecule has 0 spiro atoms. The maximum Gasteiger partial charge on any atom is 0.416 e. The fraction of sp³-hybridized carbons (Fsp3) is 0.333. The second-order valence-electron chi connectivity index (χ2n) is 10.2. The first-order chi connectivity index (χ1) is 18.8. The van der Waals surface area contributed by atoms with E-state index in [1.807, 2.05) is 51.1 Å². The molecular weight excluding hydrogens is 517 g/mol. The molecule has 0 saturated carbocycles. The van der Waals surface area contributed by atoms with Gasteiger partial charge < -0.3 is 10.2 Å². The first kappa shape index (κ1) is 28.9. The van der Waals surface area contributed by atoms with E-state index in [1.165, 1.54) is 6.33 Å². The summed E-state index contributed by atoms with van der Waals surface area (Å²) in [4.78, 5) is 23.7. The molecule has 0 aliphatic rings. The van der Waals surface area contributed by atoms with Crippen molar-refractivity contribution in [2.24, 2.45) is 0 Å². The van der Waals surface area contributed by atoms with Gasteiger partial charge in [0.05, 0.1) is 11.3 Å². The van der Waals surface area contributed by atoms with Gasteiger partial charge in [0, 0.05) is 41.5 Å². The number of anilines is 2. The van der Waals surface area contributed by atoms with E-state index in [1.54, 1.807) is 36.7 Å². The summed E-state index contributed by atoms with van der Waals surface area (Å²) in [5.74, 6) is 0.922. The van der Waals surface area contributed by atoms with Gasteiger partial charge in [-0.25, -0.2) is 9.97 Å². The quantitative estimate of drug-likeness (QED) is 0.235. The third-order valence-electron chi connectivity index (χ3n) is 6.91. The van der Waals surface area contributed by atoms with Gasteiger partial charge in [0.2, 0.25) is 0 Å². The summed E-state index contributed by atoms with van der Waals surface area (Å²) in [5, 5.41) is 7.96. The lowest BCUT2D eigenvalue weighted by atomic mass is 9.95. The van der Waals surface area contributed by atoms with Crippen LogP contribution >= 0.6 is 0 Å². The molecule has 1 atom stereocenters. The molecule has 10 heteroatoms. The summed E-state index contributed by atoms with van der Waals surface area (Å²) >= 11 is 0. The molecule has 40 heavy (non-hydrogen) atoms. The molecule has 2 aromatic heterocycles. The van der Waals surface area contributed by atoms with Crippen molar-refractivity contribution >= 4 is 17.3 Å². The number of benzene rings is 2. The van der Waals surface area contributed by atoms with Gasteiger partial charge in [0.1, 0.15) is 12.1 Å². The van der Waals surface area contributed by atoms with Gasteiger partial charge in [0.15, 0.2) is 11.6 Å². The molecule has 7 nitrogen and oxygen atoms in total. The number of alkyl halides is 3. The minimum absolute atomic E-state index is 0.0396. The van der Waals surface area contributed by atoms with Gasteiger partial charge in [-0.3, -0.25) is 4.79 Å². The number of nitrogens with one attached hydrogen (secondary N) is 1. The number of ketones is 1. The van der Waals surface area contributed by atoms with E-state index >= 15 is 0 Å². The number of halogens is 3. The molecule has 0 radical (unpaired) electrons. The van der Waals surface area contributed by atoms with Gasteiger partial charge in [-0.1, -0.05) is 19.1 Å². The van der Waals surface area contributed by atoms with Gasteiger partial charge >= 0.3 is 6.18 Å². The van der Waals surface area contributed by atoms with Gasteiger partial charge in [-0.15, -0.1) is 0 Å². The maximum absolute atomic E-state index is 13.7. The highest BCUT2D eigenvalue weighted by atomic mass is 19.4. The van der Waals surface area contributed by atoms with E-state index in [-0.39, 0.29) is 23.8 Å². The molecule has 0 aliphatic heterocycles. The molecule has 2 heterocycles. The number of hydrogen-bond donors (Lipinski definition) is 1. The van der Waals surface area contributed by atoms with E-state index in [2.05, 4.69) is 20.4 Å². The Morgan fingerprint density at radius 3 is 2.48 bits per heavy atom. The lowest BCUT2D eigenvalue weighted by Crippen LogP contribution is -2.19. The van der Waals surface area contributed by atoms with Crippen LogP contribution in [-0.2, 0) is 19.0 Å². The number of aromatic nitrogens is 4. The van der Waals surface area contributed by atoms with Crippen LogP contribution in [0, 0.1) is 13.8 Å². The summed E-state index contributed by atoms with van der Waals surface area (Å²) in [6.45, 7) is 7.63. The third-order valence-corrected chi connectivity index (χ3v) is 6.91. The van der Waals surface area contributed by atoms with Crippen molar-refractivity contribution in [3.05, 3.63) is 94.1 Å². The molecule has 0 bridgehead atoms. The van der Waals surface area contributed by atoms with Gasteiger partial charge in [0.25, 0.3) is 0 Å².